The summed E-state index contributed by atoms with van der Waals surface area (Å²) in [6, 6.07) is 4.07. The van der Waals surface area contributed by atoms with Crippen LogP contribution < -0.4 is 16.4 Å². The maximum Gasteiger partial charge on any atom is 0.325 e. The Kier molecular flexibility index (Phi) is 6.75. The van der Waals surface area contributed by atoms with Crippen molar-refractivity contribution in [3.05, 3.63) is 29.6 Å². The molecule has 168 valence electrons. The van der Waals surface area contributed by atoms with Gasteiger partial charge < -0.3 is 21.1 Å². The van der Waals surface area contributed by atoms with E-state index in [0.717, 1.165) is 50.0 Å². The van der Waals surface area contributed by atoms with Gasteiger partial charge in [-0.05, 0) is 50.7 Å². The molecule has 2 saturated carbocycles. The first-order valence-corrected chi connectivity index (χ1v) is 11.4. The number of nitrogens with two attached hydrogens (primary N) is 1. The molecule has 2 aromatic heterocycles. The summed E-state index contributed by atoms with van der Waals surface area (Å²) >= 11 is 0. The third-order valence-electron chi connectivity index (χ3n) is 6.65. The van der Waals surface area contributed by atoms with Crippen molar-refractivity contribution in [3.8, 4) is 0 Å². The highest BCUT2D eigenvalue weighted by Crippen LogP contribution is 2.37. The van der Waals surface area contributed by atoms with Gasteiger partial charge in [0.15, 0.2) is 5.65 Å². The standard InChI is InChI=1S/C23H33N5O3/c1-31-19(29)14-25-22-20(15-6-3-2-4-7-15)27-21-18(8-5-13-28(21)22)23(30)26-17-11-9-16(24)10-12-17/h5,8,13,15-17,25H,2-4,6-7,9-12,14,24H2,1H3,(H,26,30). The molecule has 0 aliphatic heterocycles. The average Bonchev–Trinajstić information content (AvgIpc) is 3.18. The summed E-state index contributed by atoms with van der Waals surface area (Å²) in [6.07, 6.45) is 11.3. The van der Waals surface area contributed by atoms with Crippen molar-refractivity contribution in [2.45, 2.75) is 75.8 Å². The molecule has 2 aliphatic rings. The molecule has 1 amide bonds. The van der Waals surface area contributed by atoms with E-state index in [0.29, 0.717) is 17.1 Å². The van der Waals surface area contributed by atoms with Crippen molar-refractivity contribution in [2.75, 3.05) is 19.0 Å². The van der Waals surface area contributed by atoms with Crippen LogP contribution in [0, 0.1) is 0 Å². The molecule has 4 N–H and O–H groups in total. The number of carbonyl (C=O) groups excluding carboxylic acids is 2. The molecule has 4 rings (SSSR count). The second kappa shape index (κ2) is 9.68. The van der Waals surface area contributed by atoms with Crippen LogP contribution in [0.3, 0.4) is 0 Å². The molecule has 8 nitrogen and oxygen atoms in total. The largest absolute Gasteiger partial charge is 0.468 e. The fraction of sp³-hybridized carbons (Fsp3) is 0.609. The molecule has 2 aromatic rings. The maximum atomic E-state index is 13.1. The molecular weight excluding hydrogens is 394 g/mol. The number of rotatable bonds is 6. The third kappa shape index (κ3) is 4.84. The van der Waals surface area contributed by atoms with Crippen molar-refractivity contribution < 1.29 is 14.3 Å². The second-order valence-corrected chi connectivity index (χ2v) is 8.81. The van der Waals surface area contributed by atoms with Crippen molar-refractivity contribution in [2.24, 2.45) is 5.73 Å². The van der Waals surface area contributed by atoms with Gasteiger partial charge in [-0.25, -0.2) is 4.98 Å². The Morgan fingerprint density at radius 3 is 2.61 bits per heavy atom. The van der Waals surface area contributed by atoms with Gasteiger partial charge in [0.05, 0.1) is 18.4 Å². The van der Waals surface area contributed by atoms with Crippen LogP contribution in [0.2, 0.25) is 0 Å². The Hall–Kier alpha value is -2.61. The highest BCUT2D eigenvalue weighted by molar-refractivity contribution is 6.00. The number of carbonyl (C=O) groups is 2. The van der Waals surface area contributed by atoms with Crippen LogP contribution in [0.5, 0.6) is 0 Å². The normalized spacial score (nSPS) is 22.3. The number of nitrogens with zero attached hydrogens (tertiary/aromatic N) is 2. The van der Waals surface area contributed by atoms with E-state index in [1.807, 2.05) is 22.7 Å². The number of anilines is 1. The summed E-state index contributed by atoms with van der Waals surface area (Å²) in [6.45, 7) is 0.0583. The quantitative estimate of drug-likeness (QED) is 0.611. The minimum Gasteiger partial charge on any atom is -0.468 e. The lowest BCUT2D eigenvalue weighted by Gasteiger charge is -2.26. The van der Waals surface area contributed by atoms with Gasteiger partial charge in [0.25, 0.3) is 5.91 Å². The number of ether oxygens (including phenoxy) is 1. The Bertz CT molecular complexity index is 927. The first kappa shape index (κ1) is 21.6. The van der Waals surface area contributed by atoms with E-state index in [1.54, 1.807) is 0 Å². The van der Waals surface area contributed by atoms with Gasteiger partial charge in [0.1, 0.15) is 12.4 Å². The van der Waals surface area contributed by atoms with E-state index < -0.39 is 0 Å². The second-order valence-electron chi connectivity index (χ2n) is 8.81. The van der Waals surface area contributed by atoms with Crippen LogP contribution >= 0.6 is 0 Å². The minimum absolute atomic E-state index is 0.0583. The van der Waals surface area contributed by atoms with E-state index in [2.05, 4.69) is 10.6 Å². The predicted molar refractivity (Wildman–Crippen MR) is 119 cm³/mol. The lowest BCUT2D eigenvalue weighted by atomic mass is 9.87. The number of hydrogen-bond acceptors (Lipinski definition) is 6. The van der Waals surface area contributed by atoms with Gasteiger partial charge in [0, 0.05) is 24.2 Å². The number of methoxy groups -OCH3 is 1. The highest BCUT2D eigenvalue weighted by Gasteiger charge is 2.27. The number of esters is 1. The van der Waals surface area contributed by atoms with Crippen LogP contribution in [0.4, 0.5) is 5.82 Å². The fourth-order valence-electron chi connectivity index (χ4n) is 4.85. The third-order valence-corrected chi connectivity index (χ3v) is 6.65. The monoisotopic (exact) mass is 427 g/mol. The van der Waals surface area contributed by atoms with Crippen molar-refractivity contribution in [1.29, 1.82) is 0 Å². The van der Waals surface area contributed by atoms with Crippen LogP contribution in [0.25, 0.3) is 5.65 Å². The molecule has 0 atom stereocenters. The van der Waals surface area contributed by atoms with E-state index in [9.17, 15) is 9.59 Å². The molecule has 0 bridgehead atoms. The number of amides is 1. The van der Waals surface area contributed by atoms with E-state index >= 15 is 0 Å². The van der Waals surface area contributed by atoms with Crippen LogP contribution in [0.15, 0.2) is 18.3 Å². The average molecular weight is 428 g/mol. The zero-order chi connectivity index (χ0) is 21.8. The number of aromatic nitrogens is 2. The van der Waals surface area contributed by atoms with Gasteiger partial charge in [0.2, 0.25) is 0 Å². The number of imidazole rings is 1. The smallest absolute Gasteiger partial charge is 0.325 e. The Labute approximate surface area is 182 Å². The molecule has 0 spiro atoms. The molecule has 0 radical (unpaired) electrons. The Balaban J connectivity index is 1.64. The molecule has 31 heavy (non-hydrogen) atoms. The van der Waals surface area contributed by atoms with E-state index in [4.69, 9.17) is 15.5 Å². The van der Waals surface area contributed by atoms with Crippen LogP contribution in [-0.4, -0.2) is 47.0 Å². The van der Waals surface area contributed by atoms with Crippen molar-refractivity contribution in [3.63, 3.8) is 0 Å². The van der Waals surface area contributed by atoms with Gasteiger partial charge in [-0.1, -0.05) is 19.3 Å². The van der Waals surface area contributed by atoms with Gasteiger partial charge in [-0.3, -0.25) is 14.0 Å². The number of pyridine rings is 1. The first-order chi connectivity index (χ1) is 15.1. The molecule has 8 heteroatoms. The lowest BCUT2D eigenvalue weighted by molar-refractivity contribution is -0.138. The summed E-state index contributed by atoms with van der Waals surface area (Å²) in [5.74, 6) is 0.662. The molecular formula is C23H33N5O3. The summed E-state index contributed by atoms with van der Waals surface area (Å²) in [4.78, 5) is 29.8. The summed E-state index contributed by atoms with van der Waals surface area (Å²) in [5.41, 5.74) is 8.12. The number of fused-ring (bicyclic) bond motifs is 1. The zero-order valence-corrected chi connectivity index (χ0v) is 18.2. The van der Waals surface area contributed by atoms with Gasteiger partial charge in [-0.15, -0.1) is 0 Å². The predicted octanol–water partition coefficient (Wildman–Crippen LogP) is 2.97. The molecule has 2 fully saturated rings. The molecule has 0 aromatic carbocycles. The highest BCUT2D eigenvalue weighted by atomic mass is 16.5. The van der Waals surface area contributed by atoms with Crippen LogP contribution in [-0.2, 0) is 9.53 Å². The molecule has 2 heterocycles. The number of hydrogen-bond donors (Lipinski definition) is 3. The minimum atomic E-state index is -0.339. The first-order valence-electron chi connectivity index (χ1n) is 11.4. The SMILES string of the molecule is COC(=O)CNc1c(C2CCCCC2)nc2c(C(=O)NC3CCC(N)CC3)cccn12. The molecule has 0 unspecified atom stereocenters. The number of nitrogens with one attached hydrogen (secondary N) is 2. The molecule has 2 aliphatic carbocycles. The summed E-state index contributed by atoms with van der Waals surface area (Å²) in [5, 5.41) is 6.39. The zero-order valence-electron chi connectivity index (χ0n) is 18.2. The Morgan fingerprint density at radius 1 is 1.16 bits per heavy atom. The van der Waals surface area contributed by atoms with Gasteiger partial charge in [-0.2, -0.15) is 0 Å². The van der Waals surface area contributed by atoms with E-state index in [-0.39, 0.29) is 30.5 Å². The maximum absolute atomic E-state index is 13.1. The lowest BCUT2D eigenvalue weighted by Crippen LogP contribution is -2.40. The summed E-state index contributed by atoms with van der Waals surface area (Å²) in [7, 11) is 1.38. The fourth-order valence-corrected chi connectivity index (χ4v) is 4.85. The van der Waals surface area contributed by atoms with Crippen molar-refractivity contribution >= 4 is 23.3 Å². The van der Waals surface area contributed by atoms with Crippen molar-refractivity contribution in [1.82, 2.24) is 14.7 Å². The van der Waals surface area contributed by atoms with E-state index in [1.165, 1.54) is 26.4 Å². The van der Waals surface area contributed by atoms with Gasteiger partial charge >= 0.3 is 5.97 Å². The topological polar surface area (TPSA) is 111 Å². The molecule has 0 saturated heterocycles. The van der Waals surface area contributed by atoms with Crippen LogP contribution in [0.1, 0.15) is 79.8 Å². The summed E-state index contributed by atoms with van der Waals surface area (Å²) < 4.78 is 6.70. The Morgan fingerprint density at radius 2 is 1.90 bits per heavy atom.